The third-order valence-electron chi connectivity index (χ3n) is 3.55. The van der Waals surface area contributed by atoms with Gasteiger partial charge in [-0.2, -0.15) is 0 Å². The fourth-order valence-corrected chi connectivity index (χ4v) is 2.96. The fraction of sp³-hybridized carbons (Fsp3) is 0.294. The predicted molar refractivity (Wildman–Crippen MR) is 81.5 cm³/mol. The minimum absolute atomic E-state index is 0.0869. The minimum Gasteiger partial charge on any atom is -0.431 e. The Morgan fingerprint density at radius 2 is 1.42 bits per heavy atom. The van der Waals surface area contributed by atoms with E-state index in [1.807, 2.05) is 6.07 Å². The van der Waals surface area contributed by atoms with Crippen LogP contribution in [0.25, 0.3) is 0 Å². The molecule has 2 heteroatoms. The largest absolute Gasteiger partial charge is 0.431 e. The van der Waals surface area contributed by atoms with Gasteiger partial charge in [-0.25, -0.2) is 0 Å². The standard InChI is InChI=1S/C17H20OSi/c1-13-9-11-15(12-10-13)16(17(2,3)19-18)14-7-5-4-6-8-14/h4-12,16,18H,1-3H3. The van der Waals surface area contributed by atoms with Crippen molar-refractivity contribution in [2.75, 3.05) is 0 Å². The first-order chi connectivity index (χ1) is 9.04. The topological polar surface area (TPSA) is 20.2 Å². The molecule has 0 saturated heterocycles. The molecular weight excluding hydrogens is 248 g/mol. The van der Waals surface area contributed by atoms with Crippen molar-refractivity contribution < 1.29 is 4.80 Å². The molecule has 2 aromatic rings. The third-order valence-corrected chi connectivity index (χ3v) is 4.42. The van der Waals surface area contributed by atoms with Gasteiger partial charge < -0.3 is 4.80 Å². The molecule has 0 saturated carbocycles. The number of aryl methyl sites for hydroxylation is 1. The van der Waals surface area contributed by atoms with E-state index in [4.69, 9.17) is 0 Å². The van der Waals surface area contributed by atoms with Crippen molar-refractivity contribution in [3.8, 4) is 0 Å². The van der Waals surface area contributed by atoms with Crippen molar-refractivity contribution in [3.63, 3.8) is 0 Å². The maximum absolute atomic E-state index is 9.77. The SMILES string of the molecule is Cc1ccc(C(c2ccccc2)C(C)(C)[Si]O)cc1. The molecule has 0 aromatic heterocycles. The predicted octanol–water partition coefficient (Wildman–Crippen LogP) is 3.94. The molecule has 2 radical (unpaired) electrons. The van der Waals surface area contributed by atoms with Crippen LogP contribution in [0.3, 0.4) is 0 Å². The van der Waals surface area contributed by atoms with Gasteiger partial charge in [-0.3, -0.25) is 0 Å². The maximum atomic E-state index is 9.77. The smallest absolute Gasteiger partial charge is 0.231 e. The van der Waals surface area contributed by atoms with Crippen LogP contribution in [0.4, 0.5) is 0 Å². The Bertz CT molecular complexity index is 517. The van der Waals surface area contributed by atoms with Crippen LogP contribution in [0, 0.1) is 6.92 Å². The zero-order valence-electron chi connectivity index (χ0n) is 11.7. The lowest BCUT2D eigenvalue weighted by Crippen LogP contribution is -2.23. The lowest BCUT2D eigenvalue weighted by Gasteiger charge is -2.32. The van der Waals surface area contributed by atoms with Gasteiger partial charge >= 0.3 is 0 Å². The second-order valence-corrected chi connectivity index (χ2v) is 7.10. The molecule has 1 atom stereocenters. The molecule has 19 heavy (non-hydrogen) atoms. The fourth-order valence-electron chi connectivity index (χ4n) is 2.49. The van der Waals surface area contributed by atoms with Gasteiger partial charge in [0.15, 0.2) is 0 Å². The Hall–Kier alpha value is -1.38. The third kappa shape index (κ3) is 3.14. The van der Waals surface area contributed by atoms with Crippen molar-refractivity contribution in [2.24, 2.45) is 0 Å². The van der Waals surface area contributed by atoms with Gasteiger partial charge in [-0.15, -0.1) is 0 Å². The first kappa shape index (κ1) is 14.0. The average molecular weight is 268 g/mol. The summed E-state index contributed by atoms with van der Waals surface area (Å²) in [7, 11) is -0.0869. The van der Waals surface area contributed by atoms with Crippen LogP contribution < -0.4 is 0 Å². The molecule has 0 aliphatic rings. The highest BCUT2D eigenvalue weighted by Crippen LogP contribution is 2.45. The van der Waals surface area contributed by atoms with Crippen molar-refractivity contribution in [3.05, 3.63) is 71.3 Å². The van der Waals surface area contributed by atoms with E-state index in [1.165, 1.54) is 16.7 Å². The zero-order chi connectivity index (χ0) is 13.9. The number of hydrogen-bond donors (Lipinski definition) is 1. The molecule has 1 N–H and O–H groups in total. The van der Waals surface area contributed by atoms with Crippen LogP contribution in [0.1, 0.15) is 36.5 Å². The van der Waals surface area contributed by atoms with Crippen LogP contribution >= 0.6 is 0 Å². The quantitative estimate of drug-likeness (QED) is 0.833. The average Bonchev–Trinajstić information content (AvgIpc) is 2.42. The van der Waals surface area contributed by atoms with Gasteiger partial charge in [-0.05, 0) is 23.1 Å². The first-order valence-electron chi connectivity index (χ1n) is 6.57. The van der Waals surface area contributed by atoms with Crippen LogP contribution in [-0.4, -0.2) is 14.6 Å². The molecular formula is C17H20OSi. The molecule has 0 spiro atoms. The summed E-state index contributed by atoms with van der Waals surface area (Å²) in [6, 6.07) is 19.1. The first-order valence-corrected chi connectivity index (χ1v) is 7.52. The summed E-state index contributed by atoms with van der Waals surface area (Å²) in [5.74, 6) is 0.220. The van der Waals surface area contributed by atoms with Gasteiger partial charge in [0.1, 0.15) is 0 Å². The molecule has 0 heterocycles. The molecule has 0 aliphatic heterocycles. The van der Waals surface area contributed by atoms with Crippen molar-refractivity contribution in [1.82, 2.24) is 0 Å². The number of hydrogen-bond acceptors (Lipinski definition) is 1. The highest BCUT2D eigenvalue weighted by Gasteiger charge is 2.32. The monoisotopic (exact) mass is 268 g/mol. The van der Waals surface area contributed by atoms with E-state index in [0.717, 1.165) is 0 Å². The van der Waals surface area contributed by atoms with E-state index in [0.29, 0.717) is 0 Å². The van der Waals surface area contributed by atoms with Crippen molar-refractivity contribution >= 4 is 9.76 Å². The number of rotatable bonds is 4. The summed E-state index contributed by atoms with van der Waals surface area (Å²) in [6.07, 6.45) is 0. The van der Waals surface area contributed by atoms with Gasteiger partial charge in [0, 0.05) is 5.92 Å². The second kappa shape index (κ2) is 5.72. The van der Waals surface area contributed by atoms with Crippen LogP contribution in [-0.2, 0) is 0 Å². The molecule has 0 amide bonds. The number of benzene rings is 2. The Kier molecular flexibility index (Phi) is 4.23. The summed E-state index contributed by atoms with van der Waals surface area (Å²) in [4.78, 5) is 9.77. The van der Waals surface area contributed by atoms with E-state index < -0.39 is 0 Å². The van der Waals surface area contributed by atoms with E-state index >= 15 is 0 Å². The Morgan fingerprint density at radius 1 is 0.895 bits per heavy atom. The normalized spacial score (nSPS) is 13.3. The summed E-state index contributed by atoms with van der Waals surface area (Å²) in [5.41, 5.74) is 3.79. The van der Waals surface area contributed by atoms with Crippen LogP contribution in [0.5, 0.6) is 0 Å². The molecule has 1 unspecified atom stereocenters. The molecule has 2 rings (SSSR count). The molecule has 0 aliphatic carbocycles. The molecule has 0 fully saturated rings. The van der Waals surface area contributed by atoms with Crippen molar-refractivity contribution in [1.29, 1.82) is 0 Å². The lowest BCUT2D eigenvalue weighted by molar-refractivity contribution is 0.489. The molecule has 1 nitrogen and oxygen atoms in total. The summed E-state index contributed by atoms with van der Waals surface area (Å²) in [6.45, 7) is 6.35. The van der Waals surface area contributed by atoms with Crippen LogP contribution in [0.15, 0.2) is 54.6 Å². The minimum atomic E-state index is -0.156. The zero-order valence-corrected chi connectivity index (χ0v) is 12.7. The molecule has 2 aromatic carbocycles. The van der Waals surface area contributed by atoms with Gasteiger partial charge in [0.2, 0.25) is 9.76 Å². The van der Waals surface area contributed by atoms with Gasteiger partial charge in [-0.1, -0.05) is 74.0 Å². The Morgan fingerprint density at radius 3 is 1.95 bits per heavy atom. The summed E-state index contributed by atoms with van der Waals surface area (Å²) in [5, 5.41) is -0.156. The summed E-state index contributed by atoms with van der Waals surface area (Å²) < 4.78 is 0. The van der Waals surface area contributed by atoms with Gasteiger partial charge in [0.05, 0.1) is 0 Å². The molecule has 98 valence electrons. The highest BCUT2D eigenvalue weighted by atomic mass is 28.2. The van der Waals surface area contributed by atoms with Gasteiger partial charge in [0.25, 0.3) is 0 Å². The second-order valence-electron chi connectivity index (χ2n) is 5.59. The van der Waals surface area contributed by atoms with E-state index in [1.54, 1.807) is 0 Å². The van der Waals surface area contributed by atoms with Crippen molar-refractivity contribution in [2.45, 2.75) is 31.7 Å². The molecule has 0 bridgehead atoms. The lowest BCUT2D eigenvalue weighted by atomic mass is 9.81. The van der Waals surface area contributed by atoms with Crippen LogP contribution in [0.2, 0.25) is 5.04 Å². The van der Waals surface area contributed by atoms with E-state index in [2.05, 4.69) is 69.3 Å². The maximum Gasteiger partial charge on any atom is 0.231 e. The summed E-state index contributed by atoms with van der Waals surface area (Å²) >= 11 is 0. The highest BCUT2D eigenvalue weighted by molar-refractivity contribution is 6.30. The Balaban J connectivity index is 2.49. The Labute approximate surface area is 118 Å². The van der Waals surface area contributed by atoms with E-state index in [9.17, 15) is 4.80 Å². The van der Waals surface area contributed by atoms with E-state index in [-0.39, 0.29) is 20.7 Å².